The Bertz CT molecular complexity index is 1220. The Morgan fingerprint density at radius 2 is 0.875 bits per heavy atom. The molecule has 0 aliphatic carbocycles. The molecule has 3 aromatic carbocycles. The molecular weight excluding hydrogens is 492 g/mol. The number of rotatable bonds is 10. The highest BCUT2D eigenvalue weighted by Gasteiger charge is 2.24. The maximum absolute atomic E-state index is 11.5. The topological polar surface area (TPSA) is 60.7 Å². The zero-order valence-electron chi connectivity index (χ0n) is 26.5. The first kappa shape index (κ1) is 31.6. The highest BCUT2D eigenvalue weighted by molar-refractivity contribution is 5.55. The van der Waals surface area contributed by atoms with Gasteiger partial charge in [0.2, 0.25) is 0 Å². The van der Waals surface area contributed by atoms with Gasteiger partial charge in [0.15, 0.2) is 0 Å². The van der Waals surface area contributed by atoms with Gasteiger partial charge in [-0.25, -0.2) is 0 Å². The molecule has 0 heterocycles. The number of aryl methyl sites for hydroxylation is 3. The summed E-state index contributed by atoms with van der Waals surface area (Å²) in [4.78, 5) is 0. The van der Waals surface area contributed by atoms with E-state index < -0.39 is 0 Å². The third-order valence-corrected chi connectivity index (χ3v) is 7.93. The lowest BCUT2D eigenvalue weighted by Gasteiger charge is -2.24. The van der Waals surface area contributed by atoms with E-state index in [0.717, 1.165) is 77.5 Å². The monoisotopic (exact) mass is 544 g/mol. The fourth-order valence-corrected chi connectivity index (χ4v) is 5.60. The molecule has 3 N–H and O–H groups in total. The number of aromatic hydroxyl groups is 3. The minimum Gasteiger partial charge on any atom is -0.507 e. The van der Waals surface area contributed by atoms with Crippen molar-refractivity contribution in [2.75, 3.05) is 0 Å². The summed E-state index contributed by atoms with van der Waals surface area (Å²) in [7, 11) is 0. The number of phenolic OH excluding ortho intramolecular Hbond substituents is 3. The lowest BCUT2D eigenvalue weighted by molar-refractivity contribution is 0.438. The number of hydrogen-bond acceptors (Lipinski definition) is 3. The first-order valence-electron chi connectivity index (χ1n) is 15.2. The van der Waals surface area contributed by atoms with Crippen LogP contribution in [0.5, 0.6) is 17.2 Å². The SMILES string of the molecule is CCCCc1cc(Cc2cc(C)cc(Cc3cc(CCCC)cc(C(C)(C)C)c3O)c2O)c(O)c(C(C)(C)C)c1. The average molecular weight is 545 g/mol. The molecule has 3 rings (SSSR count). The normalized spacial score (nSPS) is 12.2. The van der Waals surface area contributed by atoms with Crippen LogP contribution in [0.2, 0.25) is 0 Å². The zero-order valence-corrected chi connectivity index (χ0v) is 26.5. The molecule has 0 amide bonds. The van der Waals surface area contributed by atoms with Crippen molar-refractivity contribution < 1.29 is 15.3 Å². The molecule has 0 aliphatic rings. The van der Waals surface area contributed by atoms with Crippen LogP contribution < -0.4 is 0 Å². The lowest BCUT2D eigenvalue weighted by atomic mass is 9.82. The first-order chi connectivity index (χ1) is 18.6. The summed E-state index contributed by atoms with van der Waals surface area (Å²) >= 11 is 0. The third-order valence-electron chi connectivity index (χ3n) is 7.93. The van der Waals surface area contributed by atoms with E-state index in [2.05, 4.69) is 79.7 Å². The Balaban J connectivity index is 2.07. The smallest absolute Gasteiger partial charge is 0.122 e. The van der Waals surface area contributed by atoms with Crippen LogP contribution in [-0.2, 0) is 36.5 Å². The van der Waals surface area contributed by atoms with Crippen LogP contribution in [0.25, 0.3) is 0 Å². The molecule has 0 fully saturated rings. The van der Waals surface area contributed by atoms with Crippen molar-refractivity contribution in [1.82, 2.24) is 0 Å². The van der Waals surface area contributed by atoms with Crippen molar-refractivity contribution in [2.24, 2.45) is 0 Å². The van der Waals surface area contributed by atoms with E-state index >= 15 is 0 Å². The number of hydrogen-bond donors (Lipinski definition) is 3. The van der Waals surface area contributed by atoms with Crippen LogP contribution in [0, 0.1) is 6.92 Å². The number of phenols is 3. The molecule has 218 valence electrons. The second kappa shape index (κ2) is 12.7. The summed E-state index contributed by atoms with van der Waals surface area (Å²) in [6.45, 7) is 19.2. The summed E-state index contributed by atoms with van der Waals surface area (Å²) in [6.07, 6.45) is 7.29. The van der Waals surface area contributed by atoms with Crippen molar-refractivity contribution in [2.45, 2.75) is 125 Å². The van der Waals surface area contributed by atoms with Gasteiger partial charge in [-0.1, -0.05) is 110 Å². The Morgan fingerprint density at radius 1 is 0.525 bits per heavy atom. The highest BCUT2D eigenvalue weighted by atomic mass is 16.3. The van der Waals surface area contributed by atoms with Crippen molar-refractivity contribution >= 4 is 0 Å². The maximum atomic E-state index is 11.5. The van der Waals surface area contributed by atoms with Gasteiger partial charge >= 0.3 is 0 Å². The summed E-state index contributed by atoms with van der Waals surface area (Å²) < 4.78 is 0. The second-order valence-corrected chi connectivity index (χ2v) is 13.8. The minimum atomic E-state index is -0.189. The summed E-state index contributed by atoms with van der Waals surface area (Å²) in [5.74, 6) is 0.898. The van der Waals surface area contributed by atoms with E-state index in [1.165, 1.54) is 11.1 Å². The molecule has 3 nitrogen and oxygen atoms in total. The summed E-state index contributed by atoms with van der Waals surface area (Å²) in [5, 5.41) is 34.2. The predicted octanol–water partition coefficient (Wildman–Crippen LogP) is 9.57. The van der Waals surface area contributed by atoms with Crippen LogP contribution >= 0.6 is 0 Å². The molecule has 0 spiro atoms. The van der Waals surface area contributed by atoms with Gasteiger partial charge in [0.1, 0.15) is 17.2 Å². The van der Waals surface area contributed by atoms with Gasteiger partial charge in [-0.05, 0) is 87.9 Å². The molecule has 0 radical (unpaired) electrons. The van der Waals surface area contributed by atoms with Crippen LogP contribution in [0.15, 0.2) is 36.4 Å². The van der Waals surface area contributed by atoms with Gasteiger partial charge in [-0.2, -0.15) is 0 Å². The molecule has 0 saturated carbocycles. The predicted molar refractivity (Wildman–Crippen MR) is 169 cm³/mol. The van der Waals surface area contributed by atoms with E-state index in [9.17, 15) is 15.3 Å². The van der Waals surface area contributed by atoms with Crippen molar-refractivity contribution in [3.8, 4) is 17.2 Å². The Labute approximate surface area is 243 Å². The Hall–Kier alpha value is -2.94. The van der Waals surface area contributed by atoms with Crippen LogP contribution in [0.4, 0.5) is 0 Å². The minimum absolute atomic E-state index is 0.189. The lowest BCUT2D eigenvalue weighted by Crippen LogP contribution is -2.13. The van der Waals surface area contributed by atoms with Gasteiger partial charge in [-0.15, -0.1) is 0 Å². The van der Waals surface area contributed by atoms with E-state index in [1.54, 1.807) is 0 Å². The fourth-order valence-electron chi connectivity index (χ4n) is 5.60. The van der Waals surface area contributed by atoms with Gasteiger partial charge in [-0.3, -0.25) is 0 Å². The summed E-state index contributed by atoms with van der Waals surface area (Å²) in [6, 6.07) is 12.6. The standard InChI is InChI=1S/C37H52O3/c1-10-12-14-25-18-29(34(39)31(20-25)36(4,5)6)22-27-16-24(3)17-28(33(27)38)23-30-19-26(15-13-11-2)21-32(35(30)40)37(7,8)9/h16-21,38-40H,10-15,22-23H2,1-9H3. The summed E-state index contributed by atoms with van der Waals surface area (Å²) in [5.41, 5.74) is 8.35. The first-order valence-corrected chi connectivity index (χ1v) is 15.2. The largest absolute Gasteiger partial charge is 0.507 e. The molecule has 0 atom stereocenters. The van der Waals surface area contributed by atoms with E-state index in [1.807, 2.05) is 19.1 Å². The molecule has 0 saturated heterocycles. The maximum Gasteiger partial charge on any atom is 0.122 e. The zero-order chi connectivity index (χ0) is 29.8. The molecule has 3 heteroatoms. The van der Waals surface area contributed by atoms with Crippen molar-refractivity contribution in [3.63, 3.8) is 0 Å². The van der Waals surface area contributed by atoms with Gasteiger partial charge in [0.25, 0.3) is 0 Å². The molecule has 0 unspecified atom stereocenters. The van der Waals surface area contributed by atoms with Gasteiger partial charge in [0, 0.05) is 12.8 Å². The molecule has 0 bridgehead atoms. The van der Waals surface area contributed by atoms with Gasteiger partial charge in [0.05, 0.1) is 0 Å². The quantitative estimate of drug-likeness (QED) is 0.238. The Kier molecular flexibility index (Phi) is 10.0. The Morgan fingerprint density at radius 3 is 1.20 bits per heavy atom. The number of unbranched alkanes of at least 4 members (excludes halogenated alkanes) is 2. The molecule has 3 aromatic rings. The molecular formula is C37H52O3. The van der Waals surface area contributed by atoms with Gasteiger partial charge < -0.3 is 15.3 Å². The molecule has 0 aliphatic heterocycles. The van der Waals surface area contributed by atoms with E-state index in [4.69, 9.17) is 0 Å². The second-order valence-electron chi connectivity index (χ2n) is 13.8. The highest BCUT2D eigenvalue weighted by Crippen LogP contribution is 2.40. The van der Waals surface area contributed by atoms with E-state index in [-0.39, 0.29) is 16.6 Å². The fraction of sp³-hybridized carbons (Fsp3) is 0.514. The molecule has 40 heavy (non-hydrogen) atoms. The average Bonchev–Trinajstić information content (AvgIpc) is 2.85. The van der Waals surface area contributed by atoms with E-state index in [0.29, 0.717) is 24.3 Å². The third kappa shape index (κ3) is 7.62. The van der Waals surface area contributed by atoms with Crippen LogP contribution in [-0.4, -0.2) is 15.3 Å². The van der Waals surface area contributed by atoms with Crippen molar-refractivity contribution in [1.29, 1.82) is 0 Å². The van der Waals surface area contributed by atoms with Crippen LogP contribution in [0.3, 0.4) is 0 Å². The number of benzene rings is 3. The van der Waals surface area contributed by atoms with Crippen molar-refractivity contribution in [3.05, 3.63) is 86.5 Å². The van der Waals surface area contributed by atoms with Crippen LogP contribution in [0.1, 0.15) is 131 Å². The molecule has 0 aromatic heterocycles.